The van der Waals surface area contributed by atoms with E-state index in [4.69, 9.17) is 15.0 Å². The third kappa shape index (κ3) is 2.96. The molecule has 100 valence electrons. The zero-order valence-corrected chi connectivity index (χ0v) is 10.7. The Bertz CT molecular complexity index is 679. The maximum absolute atomic E-state index is 11.3. The lowest BCUT2D eigenvalue weighted by Crippen LogP contribution is -2.18. The first-order chi connectivity index (χ1) is 8.18. The summed E-state index contributed by atoms with van der Waals surface area (Å²) in [4.78, 5) is 3.17. The number of pyridine rings is 1. The molecule has 0 aliphatic heterocycles. The number of rotatable bonds is 4. The second-order valence-electron chi connectivity index (χ2n) is 3.88. The predicted octanol–water partition coefficient (Wildman–Crippen LogP) is -1.08. The van der Waals surface area contributed by atoms with Gasteiger partial charge in [0.05, 0.1) is 6.10 Å². The number of nitrogens with two attached hydrogens (primary N) is 2. The van der Waals surface area contributed by atoms with Crippen molar-refractivity contribution in [1.29, 1.82) is 0 Å². The number of hydrogen-bond acceptors (Lipinski definition) is 6. The van der Waals surface area contributed by atoms with Gasteiger partial charge in [-0.05, 0) is 12.8 Å². The molecule has 1 heterocycles. The molecule has 0 amide bonds. The minimum atomic E-state index is -4.09. The van der Waals surface area contributed by atoms with Crippen molar-refractivity contribution in [3.63, 3.8) is 0 Å². The Morgan fingerprint density at radius 1 is 1.17 bits per heavy atom. The van der Waals surface area contributed by atoms with E-state index >= 15 is 0 Å². The topological polar surface area (TPSA) is 142 Å². The number of nitrogens with zero attached hydrogens (tertiary/aromatic N) is 1. The van der Waals surface area contributed by atoms with Gasteiger partial charge in [-0.25, -0.2) is 32.1 Å². The summed E-state index contributed by atoms with van der Waals surface area (Å²) in [6.07, 6.45) is 2.23. The molecule has 1 saturated carbocycles. The van der Waals surface area contributed by atoms with Crippen molar-refractivity contribution in [2.24, 2.45) is 10.3 Å². The third-order valence-electron chi connectivity index (χ3n) is 2.21. The molecule has 10 heteroatoms. The summed E-state index contributed by atoms with van der Waals surface area (Å²) in [6, 6.07) is 1.01. The summed E-state index contributed by atoms with van der Waals surface area (Å²) in [7, 11) is -8.07. The van der Waals surface area contributed by atoms with Crippen LogP contribution in [-0.4, -0.2) is 27.9 Å². The molecule has 0 radical (unpaired) electrons. The molecule has 0 unspecified atom stereocenters. The van der Waals surface area contributed by atoms with Gasteiger partial charge in [-0.15, -0.1) is 0 Å². The van der Waals surface area contributed by atoms with Crippen LogP contribution in [-0.2, 0) is 20.0 Å². The average Bonchev–Trinajstić information content (AvgIpc) is 2.98. The first-order valence-corrected chi connectivity index (χ1v) is 7.99. The molecule has 0 atom stereocenters. The van der Waals surface area contributed by atoms with E-state index in [1.807, 2.05) is 0 Å². The molecule has 8 nitrogen and oxygen atoms in total. The van der Waals surface area contributed by atoms with Crippen molar-refractivity contribution in [1.82, 2.24) is 4.98 Å². The van der Waals surface area contributed by atoms with Gasteiger partial charge in [0, 0.05) is 12.3 Å². The fourth-order valence-corrected chi connectivity index (χ4v) is 2.29. The molecule has 4 N–H and O–H groups in total. The normalized spacial score (nSPS) is 16.6. The SMILES string of the molecule is NS(=O)(=O)c1cnc(S(N)(=O)=O)c(OC2CC2)c1. The second kappa shape index (κ2) is 4.16. The van der Waals surface area contributed by atoms with Crippen molar-refractivity contribution in [3.05, 3.63) is 12.3 Å². The second-order valence-corrected chi connectivity index (χ2v) is 6.92. The summed E-state index contributed by atoms with van der Waals surface area (Å²) in [5.41, 5.74) is 0. The lowest BCUT2D eigenvalue weighted by atomic mass is 10.4. The third-order valence-corrected chi connectivity index (χ3v) is 3.94. The Kier molecular flexibility index (Phi) is 3.05. The molecule has 1 aliphatic rings. The first kappa shape index (κ1) is 13.2. The summed E-state index contributed by atoms with van der Waals surface area (Å²) >= 11 is 0. The summed E-state index contributed by atoms with van der Waals surface area (Å²) in [6.45, 7) is 0. The molecule has 0 bridgehead atoms. The fraction of sp³-hybridized carbons (Fsp3) is 0.375. The zero-order valence-electron chi connectivity index (χ0n) is 9.11. The van der Waals surface area contributed by atoms with Gasteiger partial charge in [0.15, 0.2) is 5.75 Å². The number of sulfonamides is 2. The van der Waals surface area contributed by atoms with Crippen molar-refractivity contribution in [2.45, 2.75) is 28.9 Å². The molecule has 18 heavy (non-hydrogen) atoms. The molecular formula is C8H11N3O5S2. The molecule has 2 rings (SSSR count). The largest absolute Gasteiger partial charge is 0.487 e. The van der Waals surface area contributed by atoms with E-state index in [1.165, 1.54) is 0 Å². The highest BCUT2D eigenvalue weighted by atomic mass is 32.2. The van der Waals surface area contributed by atoms with Crippen LogP contribution >= 0.6 is 0 Å². The monoisotopic (exact) mass is 293 g/mol. The van der Waals surface area contributed by atoms with Gasteiger partial charge in [0.25, 0.3) is 10.0 Å². The van der Waals surface area contributed by atoms with Crippen LogP contribution in [0, 0.1) is 0 Å². The van der Waals surface area contributed by atoms with Crippen molar-refractivity contribution in [2.75, 3.05) is 0 Å². The van der Waals surface area contributed by atoms with Gasteiger partial charge in [-0.3, -0.25) is 0 Å². The number of hydrogen-bond donors (Lipinski definition) is 2. The zero-order chi connectivity index (χ0) is 13.6. The Labute approximate surface area is 104 Å². The molecule has 0 aromatic carbocycles. The summed E-state index contributed by atoms with van der Waals surface area (Å²) in [5.74, 6) is -0.188. The highest BCUT2D eigenvalue weighted by Crippen LogP contribution is 2.31. The molecule has 0 spiro atoms. The Hall–Kier alpha value is -1.23. The van der Waals surface area contributed by atoms with Crippen LogP contribution in [0.2, 0.25) is 0 Å². The smallest absolute Gasteiger partial charge is 0.259 e. The van der Waals surface area contributed by atoms with Crippen LogP contribution in [0.25, 0.3) is 0 Å². The van der Waals surface area contributed by atoms with Gasteiger partial charge < -0.3 is 4.74 Å². The molecule has 1 fully saturated rings. The van der Waals surface area contributed by atoms with Gasteiger partial charge in [0.1, 0.15) is 4.90 Å². The first-order valence-electron chi connectivity index (χ1n) is 4.90. The Morgan fingerprint density at radius 3 is 2.22 bits per heavy atom. The van der Waals surface area contributed by atoms with E-state index < -0.39 is 25.1 Å². The standard InChI is InChI=1S/C8H11N3O5S2/c9-17(12,13)6-3-7(16-5-1-2-5)8(11-4-6)18(10,14)15/h3-5H,1-2H2,(H2,9,12,13)(H2,10,14,15). The van der Waals surface area contributed by atoms with E-state index in [0.29, 0.717) is 0 Å². The molecule has 1 aromatic heterocycles. The lowest BCUT2D eigenvalue weighted by molar-refractivity contribution is 0.291. The molecule has 1 aliphatic carbocycles. The number of primary sulfonamides is 2. The highest BCUT2D eigenvalue weighted by molar-refractivity contribution is 7.89. The Balaban J connectivity index is 2.54. The van der Waals surface area contributed by atoms with E-state index in [2.05, 4.69) is 4.98 Å². The van der Waals surface area contributed by atoms with Gasteiger partial charge in [-0.2, -0.15) is 0 Å². The van der Waals surface area contributed by atoms with E-state index in [-0.39, 0.29) is 16.7 Å². The maximum atomic E-state index is 11.3. The fourth-order valence-electron chi connectivity index (χ4n) is 1.23. The van der Waals surface area contributed by atoms with Crippen molar-refractivity contribution in [3.8, 4) is 5.75 Å². The summed E-state index contributed by atoms with van der Waals surface area (Å²) < 4.78 is 50.1. The van der Waals surface area contributed by atoms with Crippen LogP contribution in [0.15, 0.2) is 22.2 Å². The van der Waals surface area contributed by atoms with Crippen LogP contribution in [0.1, 0.15) is 12.8 Å². The van der Waals surface area contributed by atoms with Gasteiger partial charge >= 0.3 is 0 Å². The molecule has 0 saturated heterocycles. The minimum Gasteiger partial charge on any atom is -0.487 e. The predicted molar refractivity (Wildman–Crippen MR) is 60.6 cm³/mol. The van der Waals surface area contributed by atoms with Crippen LogP contribution < -0.4 is 15.0 Å². The minimum absolute atomic E-state index is 0.136. The van der Waals surface area contributed by atoms with Crippen LogP contribution in [0.3, 0.4) is 0 Å². The number of aromatic nitrogens is 1. The molecule has 1 aromatic rings. The van der Waals surface area contributed by atoms with E-state index in [9.17, 15) is 16.8 Å². The summed E-state index contributed by atoms with van der Waals surface area (Å²) in [5, 5.41) is 9.39. The van der Waals surface area contributed by atoms with Crippen LogP contribution in [0.4, 0.5) is 0 Å². The Morgan fingerprint density at radius 2 is 1.78 bits per heavy atom. The molecular weight excluding hydrogens is 282 g/mol. The van der Waals surface area contributed by atoms with E-state index in [0.717, 1.165) is 25.1 Å². The number of ether oxygens (including phenoxy) is 1. The average molecular weight is 293 g/mol. The van der Waals surface area contributed by atoms with Gasteiger partial charge in [-0.1, -0.05) is 0 Å². The van der Waals surface area contributed by atoms with Crippen LogP contribution in [0.5, 0.6) is 5.75 Å². The maximum Gasteiger partial charge on any atom is 0.259 e. The van der Waals surface area contributed by atoms with Crippen molar-refractivity contribution >= 4 is 20.0 Å². The highest BCUT2D eigenvalue weighted by Gasteiger charge is 2.28. The lowest BCUT2D eigenvalue weighted by Gasteiger charge is -2.09. The van der Waals surface area contributed by atoms with E-state index in [1.54, 1.807) is 0 Å². The quantitative estimate of drug-likeness (QED) is 0.722. The van der Waals surface area contributed by atoms with Gasteiger partial charge in [0.2, 0.25) is 15.0 Å². The van der Waals surface area contributed by atoms with Crippen molar-refractivity contribution < 1.29 is 21.6 Å².